The standard InChI is InChI=1S/C29H20N4O2S.CHN/c30-18-20-10-12-21(13-11-20)28-23-8-4-5-9-25(23)36-26-15-14-22(17-24(26)31-28)29(35)33-32-27(34)16-19-6-2-1-3-7-19;1-2/h1-15,17H,16H2,(H,32,34)(H,33,35);1H. The molecule has 0 bridgehead atoms. The van der Waals surface area contributed by atoms with Crippen molar-refractivity contribution in [3.05, 3.63) is 125 Å². The zero-order valence-corrected chi connectivity index (χ0v) is 20.9. The van der Waals surface area contributed by atoms with Crippen LogP contribution in [0.3, 0.4) is 0 Å². The minimum atomic E-state index is -0.430. The number of benzene rings is 4. The van der Waals surface area contributed by atoms with Crippen LogP contribution in [0.2, 0.25) is 0 Å². The maximum atomic E-state index is 12.8. The lowest BCUT2D eigenvalue weighted by atomic mass is 10.0. The largest absolute Gasteiger partial charge is 0.273 e. The van der Waals surface area contributed by atoms with Crippen LogP contribution in [0.4, 0.5) is 5.69 Å². The van der Waals surface area contributed by atoms with Crippen LogP contribution in [-0.4, -0.2) is 17.5 Å². The highest BCUT2D eigenvalue weighted by Gasteiger charge is 2.20. The first kappa shape index (κ1) is 25.9. The van der Waals surface area contributed by atoms with Crippen LogP contribution in [0.5, 0.6) is 0 Å². The molecule has 184 valence electrons. The molecule has 5 rings (SSSR count). The van der Waals surface area contributed by atoms with Crippen LogP contribution in [0.1, 0.15) is 32.6 Å². The molecular weight excluding hydrogens is 494 g/mol. The molecule has 0 spiro atoms. The van der Waals surface area contributed by atoms with E-state index in [0.29, 0.717) is 16.8 Å². The summed E-state index contributed by atoms with van der Waals surface area (Å²) in [7, 11) is 0. The molecule has 1 aliphatic rings. The number of hydrogen-bond acceptors (Lipinski definition) is 6. The molecular formula is C30H21N5O2S. The fourth-order valence-electron chi connectivity index (χ4n) is 3.83. The fraction of sp³-hybridized carbons (Fsp3) is 0.0333. The Morgan fingerprint density at radius 1 is 0.842 bits per heavy atom. The second-order valence-electron chi connectivity index (χ2n) is 8.09. The number of hydrogen-bond donors (Lipinski definition) is 2. The van der Waals surface area contributed by atoms with E-state index in [2.05, 4.69) is 23.5 Å². The number of hydrazine groups is 1. The molecule has 0 radical (unpaired) electrons. The molecule has 1 heterocycles. The summed E-state index contributed by atoms with van der Waals surface area (Å²) in [5.74, 6) is -0.738. The smallest absolute Gasteiger partial charge is 0.269 e. The normalized spacial score (nSPS) is 11.1. The molecule has 1 aliphatic heterocycles. The van der Waals surface area contributed by atoms with E-state index < -0.39 is 5.91 Å². The lowest BCUT2D eigenvalue weighted by molar-refractivity contribution is -0.121. The topological polar surface area (TPSA) is 118 Å². The van der Waals surface area contributed by atoms with Gasteiger partial charge in [0.05, 0.1) is 29.5 Å². The average Bonchev–Trinajstić information content (AvgIpc) is 3.14. The molecule has 0 unspecified atom stereocenters. The monoisotopic (exact) mass is 515 g/mol. The van der Waals surface area contributed by atoms with Gasteiger partial charge >= 0.3 is 0 Å². The fourth-order valence-corrected chi connectivity index (χ4v) is 4.83. The van der Waals surface area contributed by atoms with Gasteiger partial charge in [0.25, 0.3) is 5.91 Å². The van der Waals surface area contributed by atoms with Gasteiger partial charge in [0.2, 0.25) is 5.91 Å². The van der Waals surface area contributed by atoms with Crippen molar-refractivity contribution in [3.8, 4) is 12.6 Å². The first-order chi connectivity index (χ1) is 18.6. The highest BCUT2D eigenvalue weighted by molar-refractivity contribution is 7.99. The number of nitrogens with zero attached hydrogens (tertiary/aromatic N) is 3. The van der Waals surface area contributed by atoms with E-state index in [4.69, 9.17) is 15.5 Å². The van der Waals surface area contributed by atoms with Crippen molar-refractivity contribution in [3.63, 3.8) is 0 Å². The lowest BCUT2D eigenvalue weighted by Crippen LogP contribution is -2.42. The van der Waals surface area contributed by atoms with Crippen molar-refractivity contribution < 1.29 is 9.59 Å². The minimum absolute atomic E-state index is 0.165. The number of nitrogens with one attached hydrogen (secondary N) is 2. The van der Waals surface area contributed by atoms with Gasteiger partial charge in [-0.15, -0.1) is 0 Å². The Morgan fingerprint density at radius 3 is 2.29 bits per heavy atom. The lowest BCUT2D eigenvalue weighted by Gasteiger charge is -2.09. The van der Waals surface area contributed by atoms with Gasteiger partial charge in [0.1, 0.15) is 0 Å². The van der Waals surface area contributed by atoms with Gasteiger partial charge in [0.15, 0.2) is 0 Å². The Morgan fingerprint density at radius 2 is 1.55 bits per heavy atom. The molecule has 38 heavy (non-hydrogen) atoms. The van der Waals surface area contributed by atoms with Crippen LogP contribution in [-0.2, 0) is 11.2 Å². The van der Waals surface area contributed by atoms with E-state index >= 15 is 0 Å². The Hall–Kier alpha value is -5.18. The number of amides is 2. The van der Waals surface area contributed by atoms with E-state index in [9.17, 15) is 9.59 Å². The van der Waals surface area contributed by atoms with E-state index in [1.807, 2.05) is 72.8 Å². The van der Waals surface area contributed by atoms with E-state index in [1.54, 1.807) is 36.0 Å². The van der Waals surface area contributed by atoms with Crippen LogP contribution in [0, 0.1) is 23.2 Å². The molecule has 2 amide bonds. The summed E-state index contributed by atoms with van der Waals surface area (Å²) < 4.78 is 0. The predicted molar refractivity (Wildman–Crippen MR) is 146 cm³/mol. The van der Waals surface area contributed by atoms with Crippen molar-refractivity contribution in [2.45, 2.75) is 16.2 Å². The van der Waals surface area contributed by atoms with Gasteiger partial charge in [0, 0.05) is 33.1 Å². The van der Waals surface area contributed by atoms with Crippen molar-refractivity contribution in [1.82, 2.24) is 10.9 Å². The van der Waals surface area contributed by atoms with Gasteiger partial charge < -0.3 is 0 Å². The summed E-state index contributed by atoms with van der Waals surface area (Å²) in [6, 6.07) is 32.0. The number of nitriles is 2. The van der Waals surface area contributed by atoms with Crippen LogP contribution in [0.25, 0.3) is 0 Å². The second kappa shape index (κ2) is 12.2. The third-order valence-electron chi connectivity index (χ3n) is 5.63. The highest BCUT2D eigenvalue weighted by atomic mass is 32.2. The third kappa shape index (κ3) is 5.96. The molecule has 0 fully saturated rings. The van der Waals surface area contributed by atoms with Crippen molar-refractivity contribution in [2.75, 3.05) is 0 Å². The van der Waals surface area contributed by atoms with Crippen molar-refractivity contribution in [2.24, 2.45) is 4.99 Å². The summed E-state index contributed by atoms with van der Waals surface area (Å²) in [5.41, 5.74) is 10.0. The number of carbonyl (C=O) groups excluding carboxylic acids is 2. The molecule has 8 heteroatoms. The zero-order chi connectivity index (χ0) is 26.9. The van der Waals surface area contributed by atoms with Crippen molar-refractivity contribution >= 4 is 35.0 Å². The quantitative estimate of drug-likeness (QED) is 0.314. The Labute approximate surface area is 224 Å². The van der Waals surface area contributed by atoms with E-state index in [-0.39, 0.29) is 12.3 Å². The summed E-state index contributed by atoms with van der Waals surface area (Å²) >= 11 is 1.58. The average molecular weight is 516 g/mol. The number of fused-ring (bicyclic) bond motifs is 2. The number of aliphatic imine (C=N–C) groups is 1. The predicted octanol–water partition coefficient (Wildman–Crippen LogP) is 5.34. The van der Waals surface area contributed by atoms with Crippen molar-refractivity contribution in [1.29, 1.82) is 10.5 Å². The Kier molecular flexibility index (Phi) is 8.30. The van der Waals surface area contributed by atoms with Gasteiger partial charge in [-0.1, -0.05) is 72.4 Å². The van der Waals surface area contributed by atoms with Crippen LogP contribution >= 0.6 is 11.8 Å². The summed E-state index contributed by atoms with van der Waals surface area (Å²) in [4.78, 5) is 31.9. The molecule has 0 saturated carbocycles. The molecule has 0 atom stereocenters. The number of rotatable bonds is 4. The summed E-state index contributed by atoms with van der Waals surface area (Å²) in [6.07, 6.45) is 0.165. The van der Waals surface area contributed by atoms with Crippen LogP contribution in [0.15, 0.2) is 112 Å². The second-order valence-corrected chi connectivity index (χ2v) is 9.18. The zero-order valence-electron chi connectivity index (χ0n) is 20.1. The first-order valence-electron chi connectivity index (χ1n) is 11.5. The van der Waals surface area contributed by atoms with Gasteiger partial charge in [-0.05, 0) is 42.0 Å². The molecule has 4 aromatic rings. The number of carbonyl (C=O) groups is 2. The summed E-state index contributed by atoms with van der Waals surface area (Å²) in [5, 5.41) is 15.7. The SMILES string of the molecule is C#N.N#Cc1ccc(C2=Nc3cc(C(=O)NNC(=O)Cc4ccccc4)ccc3Sc3ccccc32)cc1. The minimum Gasteiger partial charge on any atom is -0.273 e. The molecule has 4 aromatic carbocycles. The molecule has 7 nitrogen and oxygen atoms in total. The van der Waals surface area contributed by atoms with E-state index in [1.165, 1.54) is 0 Å². The van der Waals surface area contributed by atoms with Gasteiger partial charge in [-0.2, -0.15) is 5.26 Å². The molecule has 0 aliphatic carbocycles. The Balaban J connectivity index is 0.00000164. The van der Waals surface area contributed by atoms with Crippen LogP contribution < -0.4 is 10.9 Å². The summed E-state index contributed by atoms with van der Waals surface area (Å²) in [6.45, 7) is 3.50. The van der Waals surface area contributed by atoms with E-state index in [0.717, 1.165) is 32.2 Å². The van der Waals surface area contributed by atoms with Gasteiger partial charge in [-0.25, -0.2) is 10.3 Å². The first-order valence-corrected chi connectivity index (χ1v) is 12.3. The van der Waals surface area contributed by atoms with Gasteiger partial charge in [-0.3, -0.25) is 20.4 Å². The molecule has 0 saturated heterocycles. The maximum Gasteiger partial charge on any atom is 0.269 e. The molecule has 0 aromatic heterocycles. The maximum absolute atomic E-state index is 12.8. The highest BCUT2D eigenvalue weighted by Crippen LogP contribution is 2.41. The Bertz CT molecular complexity index is 1570. The molecule has 2 N–H and O–H groups in total. The third-order valence-corrected chi connectivity index (χ3v) is 6.77.